The van der Waals surface area contributed by atoms with Gasteiger partial charge in [0.15, 0.2) is 0 Å². The number of alkyl halides is 2. The summed E-state index contributed by atoms with van der Waals surface area (Å²) in [6.07, 6.45) is -3.21. The predicted molar refractivity (Wildman–Crippen MR) is 57.4 cm³/mol. The first-order valence-corrected chi connectivity index (χ1v) is 5.18. The molecule has 0 aliphatic rings. The number of aromatic nitrogens is 1. The fourth-order valence-corrected chi connectivity index (χ4v) is 1.52. The highest BCUT2D eigenvalue weighted by atomic mass is 35.5. The van der Waals surface area contributed by atoms with Crippen molar-refractivity contribution in [1.29, 1.82) is 0 Å². The molecule has 1 aromatic rings. The summed E-state index contributed by atoms with van der Waals surface area (Å²) in [5.41, 5.74) is -1.38. The van der Waals surface area contributed by atoms with Gasteiger partial charge in [-0.3, -0.25) is 9.59 Å². The standard InChI is InChI=1S/C10H10ClF2NO3/c1-2-17-7(16)4-5-3-6(15)14-9(8(5)11)10(12)13/h3,10H,2,4H2,1H3,(H,14,15). The first kappa shape index (κ1) is 13.6. The Morgan fingerprint density at radius 2 is 2.24 bits per heavy atom. The van der Waals surface area contributed by atoms with Gasteiger partial charge in [0.2, 0.25) is 5.56 Å². The Balaban J connectivity index is 3.08. The van der Waals surface area contributed by atoms with E-state index in [9.17, 15) is 18.4 Å². The molecule has 0 aliphatic carbocycles. The fraction of sp³-hybridized carbons (Fsp3) is 0.400. The minimum Gasteiger partial charge on any atom is -0.466 e. The Labute approximate surface area is 101 Å². The van der Waals surface area contributed by atoms with Gasteiger partial charge >= 0.3 is 5.97 Å². The molecule has 94 valence electrons. The number of esters is 1. The zero-order valence-corrected chi connectivity index (χ0v) is 9.68. The number of carbonyl (C=O) groups is 1. The van der Waals surface area contributed by atoms with Crippen molar-refractivity contribution in [3.63, 3.8) is 0 Å². The van der Waals surface area contributed by atoms with E-state index in [0.717, 1.165) is 6.07 Å². The Hall–Kier alpha value is -1.43. The van der Waals surface area contributed by atoms with E-state index in [4.69, 9.17) is 11.6 Å². The normalized spacial score (nSPS) is 10.6. The van der Waals surface area contributed by atoms with Crippen LogP contribution >= 0.6 is 11.6 Å². The summed E-state index contributed by atoms with van der Waals surface area (Å²) in [5.74, 6) is -0.625. The zero-order valence-electron chi connectivity index (χ0n) is 8.93. The Bertz CT molecular complexity index is 473. The number of rotatable bonds is 4. The van der Waals surface area contributed by atoms with Gasteiger partial charge in [0.05, 0.1) is 18.1 Å². The maximum atomic E-state index is 12.5. The molecule has 1 N–H and O–H groups in total. The highest BCUT2D eigenvalue weighted by Crippen LogP contribution is 2.26. The van der Waals surface area contributed by atoms with Crippen LogP contribution in [0.25, 0.3) is 0 Å². The maximum Gasteiger partial charge on any atom is 0.310 e. The van der Waals surface area contributed by atoms with Crippen LogP contribution in [-0.2, 0) is 16.0 Å². The van der Waals surface area contributed by atoms with Crippen LogP contribution in [0.15, 0.2) is 10.9 Å². The lowest BCUT2D eigenvalue weighted by Gasteiger charge is -2.08. The third kappa shape index (κ3) is 3.52. The number of hydrogen-bond donors (Lipinski definition) is 1. The van der Waals surface area contributed by atoms with E-state index in [1.165, 1.54) is 0 Å². The summed E-state index contributed by atoms with van der Waals surface area (Å²) in [5, 5.41) is -0.312. The van der Waals surface area contributed by atoms with Crippen LogP contribution in [0.1, 0.15) is 24.6 Å². The van der Waals surface area contributed by atoms with Crippen LogP contribution in [0.4, 0.5) is 8.78 Å². The number of ether oxygens (including phenoxy) is 1. The second-order valence-electron chi connectivity index (χ2n) is 3.17. The van der Waals surface area contributed by atoms with Crippen LogP contribution < -0.4 is 5.56 Å². The molecule has 0 fully saturated rings. The molecule has 0 saturated carbocycles. The average Bonchev–Trinajstić information content (AvgIpc) is 2.22. The second-order valence-corrected chi connectivity index (χ2v) is 3.55. The van der Waals surface area contributed by atoms with Crippen LogP contribution in [0.2, 0.25) is 5.02 Å². The van der Waals surface area contributed by atoms with Gasteiger partial charge in [-0.15, -0.1) is 0 Å². The van der Waals surface area contributed by atoms with Gasteiger partial charge in [0, 0.05) is 6.07 Å². The summed E-state index contributed by atoms with van der Waals surface area (Å²) in [6.45, 7) is 1.78. The van der Waals surface area contributed by atoms with Crippen molar-refractivity contribution in [3.05, 3.63) is 32.7 Å². The molecule has 0 radical (unpaired) electrons. The lowest BCUT2D eigenvalue weighted by atomic mass is 10.1. The molecule has 0 bridgehead atoms. The topological polar surface area (TPSA) is 59.2 Å². The van der Waals surface area contributed by atoms with E-state index in [1.807, 2.05) is 4.98 Å². The van der Waals surface area contributed by atoms with Crippen molar-refractivity contribution in [2.45, 2.75) is 19.8 Å². The first-order valence-electron chi connectivity index (χ1n) is 4.81. The van der Waals surface area contributed by atoms with Gasteiger partial charge in [-0.05, 0) is 12.5 Å². The van der Waals surface area contributed by atoms with Crippen LogP contribution in [0, 0.1) is 0 Å². The van der Waals surface area contributed by atoms with Gasteiger partial charge in [-0.2, -0.15) is 0 Å². The van der Waals surface area contributed by atoms with Gasteiger partial charge in [-0.25, -0.2) is 8.78 Å². The first-order chi connectivity index (χ1) is 7.95. The Morgan fingerprint density at radius 3 is 2.76 bits per heavy atom. The van der Waals surface area contributed by atoms with Crippen molar-refractivity contribution < 1.29 is 18.3 Å². The van der Waals surface area contributed by atoms with E-state index in [0.29, 0.717) is 0 Å². The van der Waals surface area contributed by atoms with Gasteiger partial charge in [-0.1, -0.05) is 11.6 Å². The van der Waals surface area contributed by atoms with E-state index in [1.54, 1.807) is 6.92 Å². The molecule has 0 amide bonds. The smallest absolute Gasteiger partial charge is 0.310 e. The molecule has 0 spiro atoms. The number of carbonyl (C=O) groups excluding carboxylic acids is 1. The van der Waals surface area contributed by atoms with Crippen LogP contribution in [0.3, 0.4) is 0 Å². The lowest BCUT2D eigenvalue weighted by molar-refractivity contribution is -0.142. The lowest BCUT2D eigenvalue weighted by Crippen LogP contribution is -2.15. The molecule has 7 heteroatoms. The molecule has 1 rings (SSSR count). The molecule has 4 nitrogen and oxygen atoms in total. The summed E-state index contributed by atoms with van der Waals surface area (Å²) >= 11 is 5.66. The molecule has 0 atom stereocenters. The third-order valence-electron chi connectivity index (χ3n) is 1.94. The fourth-order valence-electron chi connectivity index (χ4n) is 1.26. The number of pyridine rings is 1. The summed E-state index contributed by atoms with van der Waals surface area (Å²) in [7, 11) is 0. The van der Waals surface area contributed by atoms with Crippen molar-refractivity contribution in [2.24, 2.45) is 0 Å². The van der Waals surface area contributed by atoms with Crippen molar-refractivity contribution in [2.75, 3.05) is 6.61 Å². The minimum absolute atomic E-state index is 0.0316. The van der Waals surface area contributed by atoms with E-state index in [-0.39, 0.29) is 23.6 Å². The number of halogens is 3. The third-order valence-corrected chi connectivity index (χ3v) is 2.39. The molecule has 1 aromatic heterocycles. The molecule has 0 saturated heterocycles. The summed E-state index contributed by atoms with van der Waals surface area (Å²) in [6, 6.07) is 1.01. The molecular weight excluding hydrogens is 256 g/mol. The van der Waals surface area contributed by atoms with E-state index in [2.05, 4.69) is 4.74 Å². The van der Waals surface area contributed by atoms with Crippen LogP contribution in [-0.4, -0.2) is 17.6 Å². The highest BCUT2D eigenvalue weighted by Gasteiger charge is 2.18. The van der Waals surface area contributed by atoms with Crippen LogP contribution in [0.5, 0.6) is 0 Å². The molecular formula is C10H10ClF2NO3. The number of aromatic amines is 1. The Morgan fingerprint density at radius 1 is 1.59 bits per heavy atom. The predicted octanol–water partition coefficient (Wildman–Crippen LogP) is 2.07. The molecule has 0 unspecified atom stereocenters. The monoisotopic (exact) mass is 265 g/mol. The van der Waals surface area contributed by atoms with Gasteiger partial charge < -0.3 is 9.72 Å². The molecule has 0 aromatic carbocycles. The number of nitrogens with one attached hydrogen (secondary N) is 1. The SMILES string of the molecule is CCOC(=O)Cc1cc(=O)[nH]c(C(F)F)c1Cl. The van der Waals surface area contributed by atoms with Crippen molar-refractivity contribution >= 4 is 17.6 Å². The number of hydrogen-bond acceptors (Lipinski definition) is 3. The molecule has 17 heavy (non-hydrogen) atoms. The van der Waals surface area contributed by atoms with Gasteiger partial charge in [0.25, 0.3) is 6.43 Å². The average molecular weight is 266 g/mol. The van der Waals surface area contributed by atoms with Crippen molar-refractivity contribution in [3.8, 4) is 0 Å². The Kier molecular flexibility index (Phi) is 4.62. The largest absolute Gasteiger partial charge is 0.466 e. The highest BCUT2D eigenvalue weighted by molar-refractivity contribution is 6.32. The minimum atomic E-state index is -2.91. The molecule has 0 aliphatic heterocycles. The van der Waals surface area contributed by atoms with E-state index < -0.39 is 23.6 Å². The molecule has 1 heterocycles. The zero-order chi connectivity index (χ0) is 13.0. The maximum absolute atomic E-state index is 12.5. The van der Waals surface area contributed by atoms with E-state index >= 15 is 0 Å². The number of H-pyrrole nitrogens is 1. The summed E-state index contributed by atoms with van der Waals surface area (Å²) < 4.78 is 29.6. The van der Waals surface area contributed by atoms with Gasteiger partial charge in [0.1, 0.15) is 5.69 Å². The summed E-state index contributed by atoms with van der Waals surface area (Å²) in [4.78, 5) is 24.2. The second kappa shape index (κ2) is 5.77. The van der Waals surface area contributed by atoms with Crippen molar-refractivity contribution in [1.82, 2.24) is 4.98 Å². The quantitative estimate of drug-likeness (QED) is 0.848.